The normalized spacial score (nSPS) is 10.9. The van der Waals surface area contributed by atoms with Crippen molar-refractivity contribution < 1.29 is 5.11 Å². The van der Waals surface area contributed by atoms with Gasteiger partial charge in [0, 0.05) is 7.05 Å². The van der Waals surface area contributed by atoms with Gasteiger partial charge in [-0.3, -0.25) is 5.10 Å². The maximum absolute atomic E-state index is 10.1. The molecule has 0 radical (unpaired) electrons. The molecule has 0 amide bonds. The van der Waals surface area contributed by atoms with Crippen LogP contribution in [-0.4, -0.2) is 19.9 Å². The highest BCUT2D eigenvalue weighted by Crippen LogP contribution is 2.31. The Morgan fingerprint density at radius 1 is 1.22 bits per heavy atom. The van der Waals surface area contributed by atoms with E-state index in [0.29, 0.717) is 16.2 Å². The molecule has 0 aliphatic rings. The van der Waals surface area contributed by atoms with Crippen molar-refractivity contribution in [2.24, 2.45) is 7.05 Å². The second-order valence-electron chi connectivity index (χ2n) is 4.13. The monoisotopic (exact) mass is 257 g/mol. The molecule has 5 heteroatoms. The Bertz CT molecular complexity index is 788. The van der Waals surface area contributed by atoms with E-state index in [1.165, 1.54) is 0 Å². The van der Waals surface area contributed by atoms with Crippen LogP contribution < -0.4 is 0 Å². The Hall–Kier alpha value is -2.14. The number of aromatic hydroxyl groups is 1. The van der Waals surface area contributed by atoms with E-state index in [4.69, 9.17) is 12.2 Å². The van der Waals surface area contributed by atoms with Crippen LogP contribution in [0.4, 0.5) is 0 Å². The average Bonchev–Trinajstić information content (AvgIpc) is 2.69. The third-order valence-corrected chi connectivity index (χ3v) is 3.35. The van der Waals surface area contributed by atoms with Crippen LogP contribution in [0.5, 0.6) is 5.75 Å². The van der Waals surface area contributed by atoms with E-state index in [0.717, 1.165) is 10.8 Å². The standard InChI is InChI=1S/C13H11N3OS/c1-16-12(14-15-13(16)18)10-6-8-4-2-3-5-9(8)7-11(10)17/h2-7,17H,1H3,(H,15,18). The van der Waals surface area contributed by atoms with Crippen LogP contribution in [0.25, 0.3) is 22.2 Å². The van der Waals surface area contributed by atoms with Crippen molar-refractivity contribution in [3.8, 4) is 17.1 Å². The first-order chi connectivity index (χ1) is 8.66. The highest BCUT2D eigenvalue weighted by Gasteiger charge is 2.11. The molecule has 0 saturated carbocycles. The molecule has 2 N–H and O–H groups in total. The zero-order chi connectivity index (χ0) is 12.7. The topological polar surface area (TPSA) is 53.8 Å². The lowest BCUT2D eigenvalue weighted by molar-refractivity contribution is 0.477. The Labute approximate surface area is 109 Å². The molecule has 0 aliphatic heterocycles. The lowest BCUT2D eigenvalue weighted by atomic mass is 10.1. The van der Waals surface area contributed by atoms with Gasteiger partial charge in [0.1, 0.15) is 5.75 Å². The van der Waals surface area contributed by atoms with E-state index in [-0.39, 0.29) is 5.75 Å². The summed E-state index contributed by atoms with van der Waals surface area (Å²) in [7, 11) is 1.82. The zero-order valence-corrected chi connectivity index (χ0v) is 10.5. The van der Waals surface area contributed by atoms with Crippen molar-refractivity contribution in [3.05, 3.63) is 41.2 Å². The van der Waals surface area contributed by atoms with Crippen LogP contribution in [0.15, 0.2) is 36.4 Å². The molecule has 0 spiro atoms. The molecule has 0 saturated heterocycles. The minimum absolute atomic E-state index is 0.200. The van der Waals surface area contributed by atoms with Crippen LogP contribution in [0.3, 0.4) is 0 Å². The van der Waals surface area contributed by atoms with Crippen molar-refractivity contribution in [1.82, 2.24) is 14.8 Å². The largest absolute Gasteiger partial charge is 0.507 e. The number of aromatic nitrogens is 3. The lowest BCUT2D eigenvalue weighted by Crippen LogP contribution is -1.93. The first-order valence-electron chi connectivity index (χ1n) is 5.50. The number of phenolic OH excluding ortho intramolecular Hbond substituents is 1. The first-order valence-corrected chi connectivity index (χ1v) is 5.91. The molecule has 0 atom stereocenters. The molecule has 3 rings (SSSR count). The number of fused-ring (bicyclic) bond motifs is 1. The fourth-order valence-corrected chi connectivity index (χ4v) is 2.13. The summed E-state index contributed by atoms with van der Waals surface area (Å²) in [6, 6.07) is 11.5. The molecular formula is C13H11N3OS. The maximum atomic E-state index is 10.1. The van der Waals surface area contributed by atoms with Crippen LogP contribution in [0, 0.1) is 4.77 Å². The third kappa shape index (κ3) is 1.60. The molecule has 0 fully saturated rings. The smallest absolute Gasteiger partial charge is 0.195 e. The summed E-state index contributed by atoms with van der Waals surface area (Å²) in [5, 5.41) is 19.0. The second-order valence-corrected chi connectivity index (χ2v) is 4.51. The van der Waals surface area contributed by atoms with Gasteiger partial charge in [0.15, 0.2) is 10.6 Å². The second kappa shape index (κ2) is 3.96. The van der Waals surface area contributed by atoms with Gasteiger partial charge in [0.05, 0.1) is 5.56 Å². The average molecular weight is 257 g/mol. The summed E-state index contributed by atoms with van der Waals surface area (Å²) in [4.78, 5) is 0. The molecule has 3 aromatic rings. The number of hydrogen-bond acceptors (Lipinski definition) is 3. The summed E-state index contributed by atoms with van der Waals surface area (Å²) < 4.78 is 2.26. The third-order valence-electron chi connectivity index (χ3n) is 2.98. The fourth-order valence-electron chi connectivity index (χ4n) is 2.00. The minimum Gasteiger partial charge on any atom is -0.507 e. The molecule has 4 nitrogen and oxygen atoms in total. The van der Waals surface area contributed by atoms with Crippen molar-refractivity contribution in [3.63, 3.8) is 0 Å². The van der Waals surface area contributed by atoms with Crippen LogP contribution in [0.1, 0.15) is 0 Å². The quantitative estimate of drug-likeness (QED) is 0.659. The van der Waals surface area contributed by atoms with Gasteiger partial charge in [-0.1, -0.05) is 24.3 Å². The zero-order valence-electron chi connectivity index (χ0n) is 9.71. The number of phenols is 1. The molecule has 90 valence electrons. The molecular weight excluding hydrogens is 246 g/mol. The van der Waals surface area contributed by atoms with E-state index in [1.54, 1.807) is 10.6 Å². The van der Waals surface area contributed by atoms with Crippen molar-refractivity contribution in [2.45, 2.75) is 0 Å². The molecule has 1 heterocycles. The van der Waals surface area contributed by atoms with Gasteiger partial charge >= 0.3 is 0 Å². The van der Waals surface area contributed by atoms with E-state index >= 15 is 0 Å². The number of nitrogens with zero attached hydrogens (tertiary/aromatic N) is 2. The molecule has 0 aliphatic carbocycles. The number of benzene rings is 2. The summed E-state index contributed by atoms with van der Waals surface area (Å²) in [5.41, 5.74) is 0.670. The summed E-state index contributed by atoms with van der Waals surface area (Å²) in [6.07, 6.45) is 0. The lowest BCUT2D eigenvalue weighted by Gasteiger charge is -2.06. The number of rotatable bonds is 1. The Balaban J connectivity index is 2.32. The van der Waals surface area contributed by atoms with Gasteiger partial charge < -0.3 is 9.67 Å². The highest BCUT2D eigenvalue weighted by atomic mass is 32.1. The van der Waals surface area contributed by atoms with Crippen LogP contribution in [0.2, 0.25) is 0 Å². The summed E-state index contributed by atoms with van der Waals surface area (Å²) in [5.74, 6) is 0.828. The van der Waals surface area contributed by atoms with E-state index in [9.17, 15) is 5.11 Å². The number of hydrogen-bond donors (Lipinski definition) is 2. The predicted molar refractivity (Wildman–Crippen MR) is 73.0 cm³/mol. The van der Waals surface area contributed by atoms with E-state index in [2.05, 4.69) is 10.2 Å². The summed E-state index contributed by atoms with van der Waals surface area (Å²) >= 11 is 5.08. The van der Waals surface area contributed by atoms with Crippen molar-refractivity contribution >= 4 is 23.0 Å². The maximum Gasteiger partial charge on any atom is 0.195 e. The van der Waals surface area contributed by atoms with E-state index in [1.807, 2.05) is 37.4 Å². The first kappa shape index (κ1) is 11.0. The van der Waals surface area contributed by atoms with Gasteiger partial charge in [0.2, 0.25) is 0 Å². The summed E-state index contributed by atoms with van der Waals surface area (Å²) in [6.45, 7) is 0. The number of H-pyrrole nitrogens is 1. The van der Waals surface area contributed by atoms with Gasteiger partial charge in [0.25, 0.3) is 0 Å². The molecule has 18 heavy (non-hydrogen) atoms. The molecule has 1 aromatic heterocycles. The minimum atomic E-state index is 0.200. The Morgan fingerprint density at radius 3 is 2.50 bits per heavy atom. The van der Waals surface area contributed by atoms with Gasteiger partial charge in [-0.15, -0.1) is 0 Å². The fraction of sp³-hybridized carbons (Fsp3) is 0.0769. The van der Waals surface area contributed by atoms with Crippen LogP contribution >= 0.6 is 12.2 Å². The van der Waals surface area contributed by atoms with Gasteiger partial charge in [-0.05, 0) is 35.1 Å². The van der Waals surface area contributed by atoms with Gasteiger partial charge in [-0.2, -0.15) is 5.10 Å². The van der Waals surface area contributed by atoms with Crippen molar-refractivity contribution in [1.29, 1.82) is 0 Å². The molecule has 0 bridgehead atoms. The van der Waals surface area contributed by atoms with Crippen LogP contribution in [-0.2, 0) is 7.05 Å². The SMILES string of the molecule is Cn1c(-c2cc3ccccc3cc2O)n[nH]c1=S. The molecule has 0 unspecified atom stereocenters. The number of aromatic amines is 1. The van der Waals surface area contributed by atoms with Gasteiger partial charge in [-0.25, -0.2) is 0 Å². The number of nitrogens with one attached hydrogen (secondary N) is 1. The Morgan fingerprint density at radius 2 is 1.89 bits per heavy atom. The predicted octanol–water partition coefficient (Wildman–Crippen LogP) is 3.00. The highest BCUT2D eigenvalue weighted by molar-refractivity contribution is 7.71. The Kier molecular flexibility index (Phi) is 2.41. The van der Waals surface area contributed by atoms with E-state index < -0.39 is 0 Å². The van der Waals surface area contributed by atoms with Crippen molar-refractivity contribution in [2.75, 3.05) is 0 Å². The molecule has 2 aromatic carbocycles.